The summed E-state index contributed by atoms with van der Waals surface area (Å²) in [5.74, 6) is 0. The third-order valence-corrected chi connectivity index (χ3v) is 1.49. The first-order valence-corrected chi connectivity index (χ1v) is 3.54. The second-order valence-corrected chi connectivity index (χ2v) is 2.57. The van der Waals surface area contributed by atoms with Gasteiger partial charge in [-0.15, -0.1) is 0 Å². The molecule has 0 aromatic carbocycles. The minimum atomic E-state index is 0. The van der Waals surface area contributed by atoms with Crippen LogP contribution in [0.15, 0.2) is 12.4 Å². The minimum Gasteiger partial charge on any atom is -0.297 e. The van der Waals surface area contributed by atoms with Gasteiger partial charge in [0.2, 0.25) is 0 Å². The van der Waals surface area contributed by atoms with Gasteiger partial charge in [-0.25, -0.2) is 16.3 Å². The average molecular weight is 354 g/mol. The van der Waals surface area contributed by atoms with Crippen molar-refractivity contribution in [3.8, 4) is 11.4 Å². The van der Waals surface area contributed by atoms with E-state index in [9.17, 15) is 0 Å². The molecule has 71 valence electrons. The number of hydrogen-bond acceptors (Lipinski definition) is 3. The van der Waals surface area contributed by atoms with E-state index < -0.39 is 0 Å². The monoisotopic (exact) mass is 355 g/mol. The summed E-state index contributed by atoms with van der Waals surface area (Å²) in [6.07, 6.45) is 3.56. The van der Waals surface area contributed by atoms with Crippen molar-refractivity contribution < 1.29 is 20.1 Å². The summed E-state index contributed by atoms with van der Waals surface area (Å²) in [4.78, 5) is 0. The normalized spacial score (nSPS) is 9.69. The second kappa shape index (κ2) is 3.81. The molecule has 0 unspecified atom stereocenters. The maximum atomic E-state index is 4.14. The van der Waals surface area contributed by atoms with E-state index in [1.807, 2.05) is 14.1 Å². The molecule has 2 aromatic rings. The molecule has 6 heteroatoms. The van der Waals surface area contributed by atoms with Crippen molar-refractivity contribution in [3.63, 3.8) is 0 Å². The molecule has 0 saturated carbocycles. The smallest absolute Gasteiger partial charge is 0.0296 e. The Morgan fingerprint density at radius 3 is 2.54 bits per heavy atom. The Balaban J connectivity index is 0.000000845. The molecule has 5 nitrogen and oxygen atoms in total. The molecule has 0 amide bonds. The van der Waals surface area contributed by atoms with E-state index in [0.29, 0.717) is 0 Å². The van der Waals surface area contributed by atoms with Crippen molar-refractivity contribution in [1.82, 2.24) is 24.8 Å². The van der Waals surface area contributed by atoms with Crippen molar-refractivity contribution >= 4 is 0 Å². The predicted octanol–water partition coefficient (Wildman–Crippen LogP) is 0.0133. The van der Waals surface area contributed by atoms with Gasteiger partial charge in [-0.2, -0.15) is 0 Å². The van der Waals surface area contributed by atoms with Gasteiger partial charge in [-0.1, -0.05) is 17.1 Å². The molecular formula is C7H8IrN5-. The van der Waals surface area contributed by atoms with Crippen molar-refractivity contribution in [2.45, 2.75) is 0 Å². The maximum Gasteiger partial charge on any atom is 0.0296 e. The largest absolute Gasteiger partial charge is 0.297 e. The first kappa shape index (κ1) is 10.1. The summed E-state index contributed by atoms with van der Waals surface area (Å²) in [5.41, 5.74) is 1.48. The van der Waals surface area contributed by atoms with E-state index in [1.54, 1.807) is 21.8 Å². The number of nitrogens with zero attached hydrogens (tertiary/aromatic N) is 5. The first-order chi connectivity index (χ1) is 5.75. The summed E-state index contributed by atoms with van der Waals surface area (Å²) in [6, 6.07) is 2.97. The molecule has 0 spiro atoms. The van der Waals surface area contributed by atoms with E-state index in [-0.39, 0.29) is 20.1 Å². The maximum absolute atomic E-state index is 4.14. The Kier molecular flexibility index (Phi) is 2.95. The fourth-order valence-electron chi connectivity index (χ4n) is 0.951. The van der Waals surface area contributed by atoms with Gasteiger partial charge < -0.3 is 0 Å². The van der Waals surface area contributed by atoms with Gasteiger partial charge in [0.15, 0.2) is 0 Å². The van der Waals surface area contributed by atoms with Gasteiger partial charge in [-0.3, -0.25) is 9.36 Å². The molecule has 0 fully saturated rings. The minimum absolute atomic E-state index is 0. The predicted molar refractivity (Wildman–Crippen MR) is 42.0 cm³/mol. The van der Waals surface area contributed by atoms with Crippen LogP contribution < -0.4 is 0 Å². The molecule has 2 rings (SSSR count). The van der Waals surface area contributed by atoms with Crippen molar-refractivity contribution in [2.75, 3.05) is 0 Å². The molecule has 2 heterocycles. The van der Waals surface area contributed by atoms with Crippen LogP contribution in [0.4, 0.5) is 0 Å². The van der Waals surface area contributed by atoms with E-state index >= 15 is 0 Å². The Bertz CT molecular complexity index is 353. The van der Waals surface area contributed by atoms with E-state index in [0.717, 1.165) is 11.4 Å². The first-order valence-electron chi connectivity index (χ1n) is 3.54. The molecule has 0 atom stereocenters. The molecule has 0 bridgehead atoms. The summed E-state index contributed by atoms with van der Waals surface area (Å²) in [5, 5.41) is 11.8. The number of aryl methyl sites for hydroxylation is 2. The number of rotatable bonds is 1. The molecular weight excluding hydrogens is 346 g/mol. The molecule has 1 radical (unpaired) electrons. The van der Waals surface area contributed by atoms with Gasteiger partial charge in [0.05, 0.1) is 0 Å². The molecule has 0 aliphatic heterocycles. The van der Waals surface area contributed by atoms with Crippen LogP contribution in [0, 0.1) is 6.07 Å². The summed E-state index contributed by atoms with van der Waals surface area (Å²) in [7, 11) is 3.66. The fraction of sp³-hybridized carbons (Fsp3) is 0.286. The van der Waals surface area contributed by atoms with Crippen LogP contribution in [-0.2, 0) is 34.2 Å². The van der Waals surface area contributed by atoms with Gasteiger partial charge in [0.25, 0.3) is 0 Å². The van der Waals surface area contributed by atoms with E-state index in [2.05, 4.69) is 21.5 Å². The quantitative estimate of drug-likeness (QED) is 0.678. The Hall–Kier alpha value is -1.00. The number of hydrogen-bond donors (Lipinski definition) is 0. The SMILES string of the molecule is Cn1cc(-c2[c-]cn(C)n2)nn1.[Ir]. The van der Waals surface area contributed by atoms with Crippen LogP contribution in [0.2, 0.25) is 0 Å². The van der Waals surface area contributed by atoms with Crippen LogP contribution in [-0.4, -0.2) is 24.8 Å². The molecule has 13 heavy (non-hydrogen) atoms. The van der Waals surface area contributed by atoms with Gasteiger partial charge in [-0.05, 0) is 11.9 Å². The van der Waals surface area contributed by atoms with Crippen LogP contribution in [0.25, 0.3) is 11.4 Å². The van der Waals surface area contributed by atoms with Gasteiger partial charge >= 0.3 is 0 Å². The van der Waals surface area contributed by atoms with E-state index in [1.165, 1.54) is 0 Å². The number of aromatic nitrogens is 5. The third-order valence-electron chi connectivity index (χ3n) is 1.49. The van der Waals surface area contributed by atoms with Gasteiger partial charge in [0, 0.05) is 34.2 Å². The average Bonchev–Trinajstić information content (AvgIpc) is 2.58. The zero-order valence-electron chi connectivity index (χ0n) is 7.22. The van der Waals surface area contributed by atoms with Crippen molar-refractivity contribution in [3.05, 3.63) is 18.5 Å². The van der Waals surface area contributed by atoms with Crippen LogP contribution >= 0.6 is 0 Å². The molecule has 2 aromatic heterocycles. The summed E-state index contributed by atoms with van der Waals surface area (Å²) in [6.45, 7) is 0. The summed E-state index contributed by atoms with van der Waals surface area (Å²) >= 11 is 0. The van der Waals surface area contributed by atoms with Crippen molar-refractivity contribution in [2.24, 2.45) is 14.1 Å². The van der Waals surface area contributed by atoms with Crippen LogP contribution in [0.3, 0.4) is 0 Å². The second-order valence-electron chi connectivity index (χ2n) is 2.57. The molecule has 0 aliphatic carbocycles. The zero-order valence-corrected chi connectivity index (χ0v) is 9.62. The fourth-order valence-corrected chi connectivity index (χ4v) is 0.951. The van der Waals surface area contributed by atoms with Gasteiger partial charge in [0.1, 0.15) is 0 Å². The molecule has 0 aliphatic rings. The zero-order chi connectivity index (χ0) is 8.55. The molecule has 0 saturated heterocycles. The Morgan fingerprint density at radius 1 is 1.31 bits per heavy atom. The van der Waals surface area contributed by atoms with Crippen LogP contribution in [0.5, 0.6) is 0 Å². The third kappa shape index (κ3) is 2.02. The topological polar surface area (TPSA) is 48.5 Å². The van der Waals surface area contributed by atoms with Crippen LogP contribution in [0.1, 0.15) is 0 Å². The molecule has 0 N–H and O–H groups in total. The Labute approximate surface area is 89.1 Å². The standard InChI is InChI=1S/C7H8N5.Ir/c1-11-4-3-6(9-11)7-5-12(2)10-8-7;/h4-5H,1-2H3;/q-1;. The van der Waals surface area contributed by atoms with E-state index in [4.69, 9.17) is 0 Å². The summed E-state index contributed by atoms with van der Waals surface area (Å²) < 4.78 is 3.32. The van der Waals surface area contributed by atoms with Crippen molar-refractivity contribution in [1.29, 1.82) is 0 Å². The Morgan fingerprint density at radius 2 is 2.08 bits per heavy atom.